The number of carbonyl (C=O) groups excluding carboxylic acids is 1. The maximum atomic E-state index is 12.9. The van der Waals surface area contributed by atoms with Crippen molar-refractivity contribution >= 4 is 5.78 Å². The molecule has 1 spiro atoms. The summed E-state index contributed by atoms with van der Waals surface area (Å²) in [4.78, 5) is 12.9. The molecule has 2 heteroatoms. The molecule has 0 saturated carbocycles. The van der Waals surface area contributed by atoms with Crippen molar-refractivity contribution in [1.82, 2.24) is 0 Å². The largest absolute Gasteiger partial charge is 0.379 e. The van der Waals surface area contributed by atoms with Crippen molar-refractivity contribution in [2.75, 3.05) is 0 Å². The molecule has 1 aromatic carbocycles. The predicted octanol–water partition coefficient (Wildman–Crippen LogP) is 2.57. The molecular weight excluding hydrogens is 236 g/mol. The number of ketones is 1. The van der Waals surface area contributed by atoms with E-state index < -0.39 is 16.4 Å². The molecule has 4 aliphatic carbocycles. The molecule has 2 unspecified atom stereocenters. The van der Waals surface area contributed by atoms with E-state index in [0.29, 0.717) is 0 Å². The molecular formula is C17H14O2. The average molecular weight is 250 g/mol. The van der Waals surface area contributed by atoms with Gasteiger partial charge in [0.25, 0.3) is 0 Å². The van der Waals surface area contributed by atoms with Gasteiger partial charge in [-0.25, -0.2) is 0 Å². The molecule has 5 rings (SSSR count). The standard InChI is InChI=1S/C17H14O2/c1-9(2)16-7-6-10-8-15(10,16)14(18)11-4-3-5-12-13(11)17(12,16)19/h3-9,19H,1-2H3/t15-,16?,17?/m1/s1. The molecule has 0 bridgehead atoms. The molecule has 94 valence electrons. The highest BCUT2D eigenvalue weighted by molar-refractivity contribution is 6.14. The lowest BCUT2D eigenvalue weighted by Gasteiger charge is -2.47. The van der Waals surface area contributed by atoms with Crippen LogP contribution in [0.2, 0.25) is 0 Å². The number of allylic oxidation sites excluding steroid dienone is 3. The van der Waals surface area contributed by atoms with Gasteiger partial charge in [0.05, 0.1) is 5.41 Å². The van der Waals surface area contributed by atoms with E-state index in [1.54, 1.807) is 0 Å². The molecule has 4 aliphatic rings. The van der Waals surface area contributed by atoms with Gasteiger partial charge in [-0.15, -0.1) is 0 Å². The maximum Gasteiger partial charge on any atom is 0.178 e. The highest BCUT2D eigenvalue weighted by Gasteiger charge is 2.82. The fraction of sp³-hybridized carbons (Fsp3) is 0.353. The molecule has 0 aromatic heterocycles. The first kappa shape index (κ1) is 10.2. The van der Waals surface area contributed by atoms with Crippen molar-refractivity contribution < 1.29 is 9.90 Å². The second-order valence-corrected chi connectivity index (χ2v) is 6.53. The number of hydrogen-bond donors (Lipinski definition) is 1. The van der Waals surface area contributed by atoms with E-state index in [1.165, 1.54) is 0 Å². The Bertz CT molecular complexity index is 755. The first-order chi connectivity index (χ1) is 9.02. The lowest BCUT2D eigenvalue weighted by molar-refractivity contribution is -0.0507. The van der Waals surface area contributed by atoms with Crippen molar-refractivity contribution in [2.45, 2.75) is 19.4 Å². The van der Waals surface area contributed by atoms with E-state index in [0.717, 1.165) is 22.3 Å². The summed E-state index contributed by atoms with van der Waals surface area (Å²) >= 11 is 0. The summed E-state index contributed by atoms with van der Waals surface area (Å²) in [6.07, 6.45) is 6.19. The topological polar surface area (TPSA) is 37.3 Å². The van der Waals surface area contributed by atoms with E-state index >= 15 is 0 Å². The smallest absolute Gasteiger partial charge is 0.178 e. The van der Waals surface area contributed by atoms with E-state index in [4.69, 9.17) is 0 Å². The highest BCUT2D eigenvalue weighted by atomic mass is 16.3. The number of carbonyl (C=O) groups is 1. The van der Waals surface area contributed by atoms with Crippen LogP contribution in [0, 0.1) is 16.7 Å². The molecule has 3 atom stereocenters. The van der Waals surface area contributed by atoms with Crippen LogP contribution in [-0.2, 0) is 5.60 Å². The summed E-state index contributed by atoms with van der Waals surface area (Å²) in [6, 6.07) is 5.71. The van der Waals surface area contributed by atoms with Crippen LogP contribution in [0.4, 0.5) is 0 Å². The van der Waals surface area contributed by atoms with Crippen molar-refractivity contribution in [3.8, 4) is 0 Å². The van der Waals surface area contributed by atoms with Crippen LogP contribution < -0.4 is 0 Å². The van der Waals surface area contributed by atoms with Crippen molar-refractivity contribution in [2.24, 2.45) is 16.7 Å². The number of rotatable bonds is 1. The molecule has 0 heterocycles. The Labute approximate surface area is 111 Å². The van der Waals surface area contributed by atoms with Crippen LogP contribution in [0.15, 0.2) is 42.0 Å². The summed E-state index contributed by atoms with van der Waals surface area (Å²) in [5, 5.41) is 11.3. The minimum absolute atomic E-state index is 0.181. The van der Waals surface area contributed by atoms with Gasteiger partial charge in [-0.3, -0.25) is 4.79 Å². The number of fused-ring (bicyclic) bond motifs is 2. The number of Topliss-reactive ketones (excluding diaryl/α,β-unsaturated/α-hetero) is 1. The zero-order valence-electron chi connectivity index (χ0n) is 10.9. The van der Waals surface area contributed by atoms with Gasteiger partial charge in [-0.2, -0.15) is 0 Å². The molecule has 0 saturated heterocycles. The molecule has 0 aliphatic heterocycles. The Kier molecular flexibility index (Phi) is 1.26. The quantitative estimate of drug-likeness (QED) is 0.831. The van der Waals surface area contributed by atoms with Gasteiger partial charge in [0.15, 0.2) is 5.78 Å². The van der Waals surface area contributed by atoms with Gasteiger partial charge in [-0.1, -0.05) is 50.3 Å². The van der Waals surface area contributed by atoms with E-state index in [1.807, 2.05) is 24.3 Å². The maximum absolute atomic E-state index is 12.9. The van der Waals surface area contributed by atoms with Crippen LogP contribution in [0.1, 0.15) is 35.3 Å². The zero-order valence-corrected chi connectivity index (χ0v) is 10.9. The average Bonchev–Trinajstić information content (AvgIpc) is 3.23. The second kappa shape index (κ2) is 2.36. The predicted molar refractivity (Wildman–Crippen MR) is 70.7 cm³/mol. The fourth-order valence-corrected chi connectivity index (χ4v) is 4.93. The highest BCUT2D eigenvalue weighted by Crippen LogP contribution is 2.80. The third-order valence-corrected chi connectivity index (χ3v) is 5.79. The first-order valence-electron chi connectivity index (χ1n) is 6.85. The van der Waals surface area contributed by atoms with Gasteiger partial charge >= 0.3 is 0 Å². The van der Waals surface area contributed by atoms with Crippen LogP contribution in [0.5, 0.6) is 0 Å². The SMILES string of the molecule is CC(C)C12C=CC3=C[C@]31C(=O)c1cccc3c1C32O. The first-order valence-corrected chi connectivity index (χ1v) is 6.85. The molecule has 0 radical (unpaired) electrons. The molecule has 2 nitrogen and oxygen atoms in total. The summed E-state index contributed by atoms with van der Waals surface area (Å²) in [5.41, 5.74) is 1.67. The third-order valence-electron chi connectivity index (χ3n) is 5.79. The molecule has 0 amide bonds. The van der Waals surface area contributed by atoms with E-state index in [2.05, 4.69) is 26.0 Å². The number of hydrogen-bond acceptors (Lipinski definition) is 2. The Hall–Kier alpha value is -1.67. The molecule has 0 fully saturated rings. The molecule has 1 N–H and O–H groups in total. The van der Waals surface area contributed by atoms with Crippen molar-refractivity contribution in [3.63, 3.8) is 0 Å². The second-order valence-electron chi connectivity index (χ2n) is 6.53. The van der Waals surface area contributed by atoms with Crippen LogP contribution >= 0.6 is 0 Å². The van der Waals surface area contributed by atoms with Crippen molar-refractivity contribution in [3.05, 3.63) is 58.7 Å². The fourth-order valence-electron chi connectivity index (χ4n) is 4.93. The molecule has 1 aromatic rings. The Balaban J connectivity index is 1.92. The van der Waals surface area contributed by atoms with Gasteiger partial charge in [-0.05, 0) is 17.1 Å². The minimum atomic E-state index is -0.931. The van der Waals surface area contributed by atoms with Gasteiger partial charge < -0.3 is 5.11 Å². The number of benzene rings is 1. The zero-order chi connectivity index (χ0) is 13.2. The van der Waals surface area contributed by atoms with Gasteiger partial charge in [0.1, 0.15) is 5.60 Å². The monoisotopic (exact) mass is 250 g/mol. The van der Waals surface area contributed by atoms with Crippen molar-refractivity contribution in [1.29, 1.82) is 0 Å². The Morgan fingerprint density at radius 1 is 1.26 bits per heavy atom. The summed E-state index contributed by atoms with van der Waals surface area (Å²) in [7, 11) is 0. The summed E-state index contributed by atoms with van der Waals surface area (Å²) < 4.78 is 0. The minimum Gasteiger partial charge on any atom is -0.379 e. The van der Waals surface area contributed by atoms with Crippen LogP contribution in [-0.4, -0.2) is 10.9 Å². The van der Waals surface area contributed by atoms with Gasteiger partial charge in [0, 0.05) is 16.5 Å². The van der Waals surface area contributed by atoms with Crippen LogP contribution in [0.3, 0.4) is 0 Å². The lowest BCUT2D eigenvalue weighted by atomic mass is 9.55. The Morgan fingerprint density at radius 2 is 2.05 bits per heavy atom. The summed E-state index contributed by atoms with van der Waals surface area (Å²) in [5.74, 6) is 0.384. The summed E-state index contributed by atoms with van der Waals surface area (Å²) in [6.45, 7) is 4.21. The lowest BCUT2D eigenvalue weighted by Crippen LogP contribution is -2.52. The molecule has 19 heavy (non-hydrogen) atoms. The third kappa shape index (κ3) is 0.659. The normalized spacial score (nSPS) is 42.7. The Morgan fingerprint density at radius 3 is 2.74 bits per heavy atom. The van der Waals surface area contributed by atoms with E-state index in [-0.39, 0.29) is 11.7 Å². The number of aliphatic hydroxyl groups is 1. The van der Waals surface area contributed by atoms with E-state index in [9.17, 15) is 9.90 Å². The van der Waals surface area contributed by atoms with Gasteiger partial charge in [0.2, 0.25) is 0 Å². The van der Waals surface area contributed by atoms with Crippen LogP contribution in [0.25, 0.3) is 0 Å².